The van der Waals surface area contributed by atoms with Crippen molar-refractivity contribution < 1.29 is 0 Å². The predicted octanol–water partition coefficient (Wildman–Crippen LogP) is 4.36. The van der Waals surface area contributed by atoms with Crippen molar-refractivity contribution in [3.63, 3.8) is 0 Å². The summed E-state index contributed by atoms with van der Waals surface area (Å²) in [5.41, 5.74) is 11.5. The van der Waals surface area contributed by atoms with E-state index in [2.05, 4.69) is 56.4 Å². The highest BCUT2D eigenvalue weighted by Gasteiger charge is 2.05. The zero-order valence-electron chi connectivity index (χ0n) is 12.8. The molecule has 2 nitrogen and oxygen atoms in total. The van der Waals surface area contributed by atoms with Crippen LogP contribution in [-0.2, 0) is 6.54 Å². The Morgan fingerprint density at radius 3 is 2.38 bits per heavy atom. The highest BCUT2D eigenvalue weighted by atomic mass is 32.1. The number of thiocarbonyl (C=S) groups is 1. The number of benzene rings is 2. The number of nitrogens with one attached hydrogen (secondary N) is 1. The molecule has 2 rings (SSSR count). The Morgan fingerprint density at radius 2 is 1.81 bits per heavy atom. The van der Waals surface area contributed by atoms with E-state index in [1.165, 1.54) is 16.7 Å². The van der Waals surface area contributed by atoms with Gasteiger partial charge in [-0.25, -0.2) is 0 Å². The number of nitrogens with two attached hydrogens (primary N) is 1. The van der Waals surface area contributed by atoms with Crippen LogP contribution >= 0.6 is 12.2 Å². The molecule has 0 spiro atoms. The maximum atomic E-state index is 5.78. The second kappa shape index (κ2) is 6.72. The Labute approximate surface area is 132 Å². The van der Waals surface area contributed by atoms with Gasteiger partial charge in [0.2, 0.25) is 0 Å². The zero-order chi connectivity index (χ0) is 15.4. The molecule has 2 aromatic rings. The van der Waals surface area contributed by atoms with Gasteiger partial charge in [-0.1, -0.05) is 56.4 Å². The van der Waals surface area contributed by atoms with Gasteiger partial charge in [-0.05, 0) is 41.7 Å². The second-order valence-electron chi connectivity index (χ2n) is 5.66. The summed E-state index contributed by atoms with van der Waals surface area (Å²) in [6.07, 6.45) is 0. The van der Waals surface area contributed by atoms with Crippen LogP contribution in [0.1, 0.15) is 42.0 Å². The van der Waals surface area contributed by atoms with E-state index in [1.807, 2.05) is 12.1 Å². The predicted molar refractivity (Wildman–Crippen MR) is 94.9 cm³/mol. The molecule has 0 aliphatic rings. The van der Waals surface area contributed by atoms with Crippen molar-refractivity contribution in [2.24, 2.45) is 5.73 Å². The van der Waals surface area contributed by atoms with Crippen LogP contribution in [0.4, 0.5) is 5.69 Å². The third kappa shape index (κ3) is 4.05. The number of hydrogen-bond donors (Lipinski definition) is 2. The quantitative estimate of drug-likeness (QED) is 0.805. The summed E-state index contributed by atoms with van der Waals surface area (Å²) >= 11 is 5.11. The summed E-state index contributed by atoms with van der Waals surface area (Å²) < 4.78 is 0. The lowest BCUT2D eigenvalue weighted by Crippen LogP contribution is -2.13. The van der Waals surface area contributed by atoms with Crippen molar-refractivity contribution in [1.82, 2.24) is 0 Å². The van der Waals surface area contributed by atoms with Gasteiger partial charge < -0.3 is 11.1 Å². The molecule has 0 aromatic heterocycles. The van der Waals surface area contributed by atoms with Crippen LogP contribution in [0.2, 0.25) is 0 Å². The Kier molecular flexibility index (Phi) is 4.97. The van der Waals surface area contributed by atoms with Gasteiger partial charge in [0.15, 0.2) is 0 Å². The molecule has 0 unspecified atom stereocenters. The molecule has 0 saturated carbocycles. The maximum Gasteiger partial charge on any atom is 0.106 e. The standard InChI is InChI=1S/C18H22N2S/c1-12(2)15-7-5-14(6-8-15)11-20-17-10-13(3)4-9-16(17)18(19)21/h4-10,12,20H,11H2,1-3H3,(H2,19,21). The first-order chi connectivity index (χ1) is 9.97. The normalized spacial score (nSPS) is 10.7. The van der Waals surface area contributed by atoms with Crippen LogP contribution < -0.4 is 11.1 Å². The van der Waals surface area contributed by atoms with Gasteiger partial charge in [0.1, 0.15) is 4.99 Å². The van der Waals surface area contributed by atoms with Crippen LogP contribution in [-0.4, -0.2) is 4.99 Å². The van der Waals surface area contributed by atoms with Gasteiger partial charge in [0.25, 0.3) is 0 Å². The van der Waals surface area contributed by atoms with E-state index in [1.54, 1.807) is 0 Å². The third-order valence-electron chi connectivity index (χ3n) is 3.57. The van der Waals surface area contributed by atoms with Gasteiger partial charge in [-0.3, -0.25) is 0 Å². The molecule has 0 aliphatic carbocycles. The number of rotatable bonds is 5. The van der Waals surface area contributed by atoms with Crippen molar-refractivity contribution in [3.05, 3.63) is 64.7 Å². The Bertz CT molecular complexity index is 630. The second-order valence-corrected chi connectivity index (χ2v) is 6.10. The fraction of sp³-hybridized carbons (Fsp3) is 0.278. The largest absolute Gasteiger partial charge is 0.389 e. The summed E-state index contributed by atoms with van der Waals surface area (Å²) in [5.74, 6) is 0.560. The minimum Gasteiger partial charge on any atom is -0.389 e. The molecule has 0 radical (unpaired) electrons. The molecule has 0 bridgehead atoms. The minimum absolute atomic E-state index is 0.424. The SMILES string of the molecule is Cc1ccc(C(N)=S)c(NCc2ccc(C(C)C)cc2)c1. The number of anilines is 1. The van der Waals surface area contributed by atoms with E-state index >= 15 is 0 Å². The van der Waals surface area contributed by atoms with Crippen LogP contribution in [0.3, 0.4) is 0 Å². The first kappa shape index (κ1) is 15.5. The average molecular weight is 298 g/mol. The van der Waals surface area contributed by atoms with Gasteiger partial charge >= 0.3 is 0 Å². The molecule has 0 atom stereocenters. The Morgan fingerprint density at radius 1 is 1.14 bits per heavy atom. The zero-order valence-corrected chi connectivity index (χ0v) is 13.6. The molecular formula is C18H22N2S. The fourth-order valence-electron chi connectivity index (χ4n) is 2.24. The number of hydrogen-bond acceptors (Lipinski definition) is 2. The van der Waals surface area contributed by atoms with Crippen molar-refractivity contribution >= 4 is 22.9 Å². The molecule has 110 valence electrons. The van der Waals surface area contributed by atoms with E-state index < -0.39 is 0 Å². The summed E-state index contributed by atoms with van der Waals surface area (Å²) in [6, 6.07) is 14.8. The lowest BCUT2D eigenvalue weighted by Gasteiger charge is -2.13. The Hall–Kier alpha value is -1.87. The van der Waals surface area contributed by atoms with E-state index in [9.17, 15) is 0 Å². The van der Waals surface area contributed by atoms with E-state index in [0.717, 1.165) is 17.8 Å². The van der Waals surface area contributed by atoms with Gasteiger partial charge in [0, 0.05) is 17.8 Å². The van der Waals surface area contributed by atoms with Crippen LogP contribution in [0.25, 0.3) is 0 Å². The lowest BCUT2D eigenvalue weighted by molar-refractivity contribution is 0.865. The minimum atomic E-state index is 0.424. The first-order valence-electron chi connectivity index (χ1n) is 7.20. The summed E-state index contributed by atoms with van der Waals surface area (Å²) in [4.78, 5) is 0.424. The van der Waals surface area contributed by atoms with Crippen molar-refractivity contribution in [3.8, 4) is 0 Å². The Balaban J connectivity index is 2.12. The summed E-state index contributed by atoms with van der Waals surface area (Å²) in [6.45, 7) is 7.23. The molecule has 0 aliphatic heterocycles. The monoisotopic (exact) mass is 298 g/mol. The van der Waals surface area contributed by atoms with Crippen molar-refractivity contribution in [1.29, 1.82) is 0 Å². The highest BCUT2D eigenvalue weighted by Crippen LogP contribution is 2.19. The topological polar surface area (TPSA) is 38.0 Å². The van der Waals surface area contributed by atoms with Gasteiger partial charge in [-0.15, -0.1) is 0 Å². The lowest BCUT2D eigenvalue weighted by atomic mass is 10.0. The van der Waals surface area contributed by atoms with E-state index in [-0.39, 0.29) is 0 Å². The molecule has 0 fully saturated rings. The summed E-state index contributed by atoms with van der Waals surface area (Å²) in [7, 11) is 0. The third-order valence-corrected chi connectivity index (χ3v) is 3.79. The smallest absolute Gasteiger partial charge is 0.106 e. The van der Waals surface area contributed by atoms with Gasteiger partial charge in [-0.2, -0.15) is 0 Å². The van der Waals surface area contributed by atoms with Crippen LogP contribution in [0.5, 0.6) is 0 Å². The summed E-state index contributed by atoms with van der Waals surface area (Å²) in [5, 5.41) is 3.43. The fourth-order valence-corrected chi connectivity index (χ4v) is 2.41. The maximum absolute atomic E-state index is 5.78. The van der Waals surface area contributed by atoms with Crippen molar-refractivity contribution in [2.45, 2.75) is 33.2 Å². The van der Waals surface area contributed by atoms with E-state index in [0.29, 0.717) is 10.9 Å². The molecular weight excluding hydrogens is 276 g/mol. The molecule has 0 heterocycles. The van der Waals surface area contributed by atoms with E-state index in [4.69, 9.17) is 18.0 Å². The van der Waals surface area contributed by atoms with Crippen LogP contribution in [0.15, 0.2) is 42.5 Å². The molecule has 3 N–H and O–H groups in total. The molecule has 0 saturated heterocycles. The molecule has 2 aromatic carbocycles. The molecule has 3 heteroatoms. The average Bonchev–Trinajstić information content (AvgIpc) is 2.45. The first-order valence-corrected chi connectivity index (χ1v) is 7.61. The number of aryl methyl sites for hydroxylation is 1. The molecule has 21 heavy (non-hydrogen) atoms. The van der Waals surface area contributed by atoms with Crippen molar-refractivity contribution in [2.75, 3.05) is 5.32 Å². The molecule has 0 amide bonds. The van der Waals surface area contributed by atoms with Gasteiger partial charge in [0.05, 0.1) is 0 Å². The van der Waals surface area contributed by atoms with Crippen LogP contribution in [0, 0.1) is 6.92 Å². The highest BCUT2D eigenvalue weighted by molar-refractivity contribution is 7.80.